The lowest BCUT2D eigenvalue weighted by Crippen LogP contribution is -2.29. The molecule has 0 radical (unpaired) electrons. The molecule has 5 nitrogen and oxygen atoms in total. The van der Waals surface area contributed by atoms with Gasteiger partial charge in [-0.25, -0.2) is 0 Å². The number of para-hydroxylation sites is 1. The van der Waals surface area contributed by atoms with E-state index in [4.69, 9.17) is 9.15 Å². The Labute approximate surface area is 173 Å². The molecule has 1 amide bonds. The summed E-state index contributed by atoms with van der Waals surface area (Å²) in [5, 5.41) is 0.483. The fourth-order valence-electron chi connectivity index (χ4n) is 4.04. The van der Waals surface area contributed by atoms with Gasteiger partial charge in [-0.15, -0.1) is 0 Å². The molecule has 0 saturated carbocycles. The highest BCUT2D eigenvalue weighted by atomic mass is 16.5. The lowest BCUT2D eigenvalue weighted by Gasteiger charge is -2.25. The molecule has 0 fully saturated rings. The van der Waals surface area contributed by atoms with Crippen LogP contribution in [0.1, 0.15) is 33.3 Å². The first-order valence-corrected chi connectivity index (χ1v) is 9.72. The van der Waals surface area contributed by atoms with Crippen LogP contribution in [-0.4, -0.2) is 17.9 Å². The fourth-order valence-corrected chi connectivity index (χ4v) is 4.04. The van der Waals surface area contributed by atoms with Gasteiger partial charge in [0.1, 0.15) is 11.3 Å². The Kier molecular flexibility index (Phi) is 4.36. The molecule has 0 unspecified atom stereocenters. The number of carbonyl (C=O) groups excluding carboxylic acids is 1. The van der Waals surface area contributed by atoms with E-state index in [2.05, 4.69) is 0 Å². The van der Waals surface area contributed by atoms with Crippen molar-refractivity contribution in [1.82, 2.24) is 4.90 Å². The Bertz CT molecular complexity index is 1290. The van der Waals surface area contributed by atoms with Crippen molar-refractivity contribution in [3.8, 4) is 5.75 Å². The van der Waals surface area contributed by atoms with E-state index in [9.17, 15) is 9.59 Å². The number of hydrogen-bond acceptors (Lipinski definition) is 4. The van der Waals surface area contributed by atoms with E-state index >= 15 is 0 Å². The summed E-state index contributed by atoms with van der Waals surface area (Å²) in [4.78, 5) is 28.4. The molecule has 0 saturated heterocycles. The lowest BCUT2D eigenvalue weighted by molar-refractivity contribution is 0.0714. The second-order valence-corrected chi connectivity index (χ2v) is 7.26. The molecule has 3 aromatic carbocycles. The third-order valence-corrected chi connectivity index (χ3v) is 5.50. The van der Waals surface area contributed by atoms with Gasteiger partial charge in [-0.3, -0.25) is 9.59 Å². The molecule has 0 spiro atoms. The minimum atomic E-state index is -0.503. The summed E-state index contributed by atoms with van der Waals surface area (Å²) in [6, 6.07) is 23.7. The molecule has 1 aliphatic heterocycles. The molecule has 30 heavy (non-hydrogen) atoms. The topological polar surface area (TPSA) is 59.8 Å². The Morgan fingerprint density at radius 3 is 2.33 bits per heavy atom. The lowest BCUT2D eigenvalue weighted by atomic mass is 9.98. The van der Waals surface area contributed by atoms with Crippen LogP contribution < -0.4 is 10.2 Å². The molecule has 5 rings (SSSR count). The number of fused-ring (bicyclic) bond motifs is 2. The molecular formula is C25H19NO4. The van der Waals surface area contributed by atoms with Gasteiger partial charge in [-0.1, -0.05) is 54.6 Å². The van der Waals surface area contributed by atoms with Crippen molar-refractivity contribution in [2.45, 2.75) is 12.6 Å². The Balaban J connectivity index is 1.67. The number of nitrogens with zero attached hydrogens (tertiary/aromatic N) is 1. The van der Waals surface area contributed by atoms with Crippen LogP contribution in [0, 0.1) is 0 Å². The average molecular weight is 397 g/mol. The molecule has 0 aliphatic carbocycles. The predicted molar refractivity (Wildman–Crippen MR) is 114 cm³/mol. The molecule has 4 aromatic rings. The SMILES string of the molecule is COc1ccc(CN2C(=O)c3oc4ccccc4c(=O)c3[C@@H]2c2ccccc2)cc1. The molecule has 1 aromatic heterocycles. The second kappa shape index (κ2) is 7.19. The van der Waals surface area contributed by atoms with E-state index in [1.165, 1.54) is 0 Å². The molecule has 0 N–H and O–H groups in total. The zero-order chi connectivity index (χ0) is 20.7. The monoisotopic (exact) mass is 397 g/mol. The Morgan fingerprint density at radius 2 is 1.60 bits per heavy atom. The van der Waals surface area contributed by atoms with Crippen molar-refractivity contribution in [2.24, 2.45) is 0 Å². The van der Waals surface area contributed by atoms with Gasteiger partial charge >= 0.3 is 0 Å². The quantitative estimate of drug-likeness (QED) is 0.507. The standard InChI is InChI=1S/C25H19NO4/c1-29-18-13-11-16(12-14-18)15-26-22(17-7-3-2-4-8-17)21-23(27)19-9-5-6-10-20(19)30-24(21)25(26)28/h2-14,22H,15H2,1H3/t22-/m0/s1. The summed E-state index contributed by atoms with van der Waals surface area (Å²) >= 11 is 0. The Hall–Kier alpha value is -3.86. The maximum Gasteiger partial charge on any atom is 0.291 e. The van der Waals surface area contributed by atoms with E-state index in [1.807, 2.05) is 54.6 Å². The number of ether oxygens (including phenoxy) is 1. The smallest absolute Gasteiger partial charge is 0.291 e. The predicted octanol–water partition coefficient (Wildman–Crippen LogP) is 4.55. The van der Waals surface area contributed by atoms with Crippen LogP contribution >= 0.6 is 0 Å². The minimum absolute atomic E-state index is 0.126. The van der Waals surface area contributed by atoms with E-state index in [1.54, 1.807) is 36.3 Å². The summed E-state index contributed by atoms with van der Waals surface area (Å²) in [6.45, 7) is 0.350. The molecule has 0 bridgehead atoms. The molecule has 5 heteroatoms. The van der Waals surface area contributed by atoms with Gasteiger partial charge in [0.05, 0.1) is 24.1 Å². The van der Waals surface area contributed by atoms with Gasteiger partial charge in [0.25, 0.3) is 5.91 Å². The normalized spacial score (nSPS) is 15.4. The highest BCUT2D eigenvalue weighted by Gasteiger charge is 2.42. The third kappa shape index (κ3) is 2.87. The van der Waals surface area contributed by atoms with Gasteiger partial charge in [0.15, 0.2) is 5.43 Å². The first-order valence-electron chi connectivity index (χ1n) is 9.72. The number of methoxy groups -OCH3 is 1. The van der Waals surface area contributed by atoms with Crippen LogP contribution in [0.3, 0.4) is 0 Å². The van der Waals surface area contributed by atoms with Crippen molar-refractivity contribution in [3.05, 3.63) is 112 Å². The molecular weight excluding hydrogens is 378 g/mol. The van der Waals surface area contributed by atoms with E-state index < -0.39 is 6.04 Å². The average Bonchev–Trinajstić information content (AvgIpc) is 3.07. The van der Waals surface area contributed by atoms with E-state index in [0.717, 1.165) is 16.9 Å². The van der Waals surface area contributed by atoms with Crippen LogP contribution in [0.5, 0.6) is 5.75 Å². The van der Waals surface area contributed by atoms with Crippen LogP contribution in [0.4, 0.5) is 0 Å². The largest absolute Gasteiger partial charge is 0.497 e. The van der Waals surface area contributed by atoms with Gasteiger partial charge in [0, 0.05) is 6.54 Å². The van der Waals surface area contributed by atoms with Crippen LogP contribution in [0.15, 0.2) is 88.1 Å². The van der Waals surface area contributed by atoms with Crippen molar-refractivity contribution in [1.29, 1.82) is 0 Å². The maximum atomic E-state index is 13.4. The number of hydrogen-bond donors (Lipinski definition) is 0. The van der Waals surface area contributed by atoms with E-state index in [-0.39, 0.29) is 17.1 Å². The minimum Gasteiger partial charge on any atom is -0.497 e. The Morgan fingerprint density at radius 1 is 0.900 bits per heavy atom. The van der Waals surface area contributed by atoms with E-state index in [0.29, 0.717) is 23.1 Å². The van der Waals surface area contributed by atoms with Gasteiger partial charge < -0.3 is 14.1 Å². The number of rotatable bonds is 4. The molecule has 2 heterocycles. The summed E-state index contributed by atoms with van der Waals surface area (Å²) in [5.41, 5.74) is 2.48. The van der Waals surface area contributed by atoms with Crippen molar-refractivity contribution in [3.63, 3.8) is 0 Å². The summed E-state index contributed by atoms with van der Waals surface area (Å²) in [6.07, 6.45) is 0. The first kappa shape index (κ1) is 18.2. The highest BCUT2D eigenvalue weighted by Crippen LogP contribution is 2.39. The first-order chi connectivity index (χ1) is 14.7. The zero-order valence-electron chi connectivity index (χ0n) is 16.4. The third-order valence-electron chi connectivity index (χ3n) is 5.50. The molecule has 1 atom stereocenters. The van der Waals surface area contributed by atoms with Crippen molar-refractivity contribution >= 4 is 16.9 Å². The number of benzene rings is 3. The van der Waals surface area contributed by atoms with Crippen LogP contribution in [0.2, 0.25) is 0 Å². The number of amides is 1. The summed E-state index contributed by atoms with van der Waals surface area (Å²) < 4.78 is 11.2. The van der Waals surface area contributed by atoms with Crippen LogP contribution in [0.25, 0.3) is 11.0 Å². The van der Waals surface area contributed by atoms with Crippen molar-refractivity contribution in [2.75, 3.05) is 7.11 Å². The number of carbonyl (C=O) groups is 1. The van der Waals surface area contributed by atoms with Gasteiger partial charge in [-0.05, 0) is 35.4 Å². The summed E-state index contributed by atoms with van der Waals surface area (Å²) in [5.74, 6) is 0.594. The second-order valence-electron chi connectivity index (χ2n) is 7.26. The van der Waals surface area contributed by atoms with Gasteiger partial charge in [-0.2, -0.15) is 0 Å². The maximum absolute atomic E-state index is 13.4. The molecule has 148 valence electrons. The highest BCUT2D eigenvalue weighted by molar-refractivity contribution is 5.99. The molecule has 1 aliphatic rings. The fraction of sp³-hybridized carbons (Fsp3) is 0.120. The van der Waals surface area contributed by atoms with Crippen molar-refractivity contribution < 1.29 is 13.9 Å². The van der Waals surface area contributed by atoms with Crippen LogP contribution in [-0.2, 0) is 6.54 Å². The zero-order valence-corrected chi connectivity index (χ0v) is 16.4. The van der Waals surface area contributed by atoms with Gasteiger partial charge in [0.2, 0.25) is 5.76 Å². The summed E-state index contributed by atoms with van der Waals surface area (Å²) in [7, 11) is 1.61.